The molecule has 78 valence electrons. The molecule has 15 heavy (non-hydrogen) atoms. The van der Waals surface area contributed by atoms with Crippen LogP contribution in [0.4, 0.5) is 0 Å². The van der Waals surface area contributed by atoms with Gasteiger partial charge in [-0.15, -0.1) is 0 Å². The van der Waals surface area contributed by atoms with Crippen molar-refractivity contribution in [1.82, 2.24) is 9.97 Å². The highest BCUT2D eigenvalue weighted by molar-refractivity contribution is 5.38. The Kier molecular flexibility index (Phi) is 1.77. The van der Waals surface area contributed by atoms with Gasteiger partial charge in [0.05, 0.1) is 6.33 Å². The molecule has 0 bridgehead atoms. The summed E-state index contributed by atoms with van der Waals surface area (Å²) in [7, 11) is 0. The van der Waals surface area contributed by atoms with Crippen molar-refractivity contribution in [2.45, 2.75) is 26.6 Å². The normalized spacial score (nSPS) is 16.5. The van der Waals surface area contributed by atoms with Crippen LogP contribution < -0.4 is 0 Å². The smallest absolute Gasteiger partial charge is 0.0921 e. The van der Waals surface area contributed by atoms with Gasteiger partial charge in [0.25, 0.3) is 0 Å². The molecule has 0 fully saturated rings. The lowest BCUT2D eigenvalue weighted by molar-refractivity contribution is 0.871. The number of H-pyrrole nitrogens is 1. The van der Waals surface area contributed by atoms with Crippen molar-refractivity contribution in [3.63, 3.8) is 0 Å². The molecule has 0 unspecified atom stereocenters. The topological polar surface area (TPSA) is 28.7 Å². The molecule has 2 aromatic rings. The summed E-state index contributed by atoms with van der Waals surface area (Å²) in [5, 5.41) is 0. The Hall–Kier alpha value is -1.57. The first kappa shape index (κ1) is 6.83. The fraction of sp³-hybridized carbons (Fsp3) is 0.308. The zero-order chi connectivity index (χ0) is 13.3. The van der Waals surface area contributed by atoms with Gasteiger partial charge in [0.1, 0.15) is 0 Å². The molecule has 0 aliphatic rings. The van der Waals surface area contributed by atoms with Crippen LogP contribution in [0.3, 0.4) is 0 Å². The predicted molar refractivity (Wildman–Crippen MR) is 62.0 cm³/mol. The third-order valence-corrected chi connectivity index (χ3v) is 2.79. The zero-order valence-corrected chi connectivity index (χ0v) is 8.91. The fourth-order valence-corrected chi connectivity index (χ4v) is 1.68. The van der Waals surface area contributed by atoms with Gasteiger partial charge in [0.15, 0.2) is 0 Å². The monoisotopic (exact) mass is 204 g/mol. The van der Waals surface area contributed by atoms with Gasteiger partial charge in [-0.3, -0.25) is 0 Å². The average molecular weight is 204 g/mol. The number of aromatic amines is 1. The molecule has 0 saturated heterocycles. The van der Waals surface area contributed by atoms with Crippen LogP contribution in [-0.2, 0) is 0 Å². The van der Waals surface area contributed by atoms with E-state index in [-0.39, 0.29) is 0 Å². The minimum Gasteiger partial charge on any atom is -0.348 e. The second-order valence-electron chi connectivity index (χ2n) is 3.73. The summed E-state index contributed by atoms with van der Waals surface area (Å²) in [4.78, 5) is 6.85. The van der Waals surface area contributed by atoms with Crippen LogP contribution in [-0.4, -0.2) is 9.97 Å². The first-order chi connectivity index (χ1) is 8.41. The lowest BCUT2D eigenvalue weighted by Crippen LogP contribution is -2.00. The summed E-state index contributed by atoms with van der Waals surface area (Å²) < 4.78 is 23.3. The van der Waals surface area contributed by atoms with Gasteiger partial charge in [-0.1, -0.05) is 25.1 Å². The highest BCUT2D eigenvalue weighted by Crippen LogP contribution is 2.26. The van der Waals surface area contributed by atoms with Gasteiger partial charge in [0, 0.05) is 21.9 Å². The van der Waals surface area contributed by atoms with Gasteiger partial charge in [-0.05, 0) is 30.5 Å². The molecule has 0 aliphatic carbocycles. The quantitative estimate of drug-likeness (QED) is 0.748. The first-order valence-corrected chi connectivity index (χ1v) is 4.95. The van der Waals surface area contributed by atoms with Crippen molar-refractivity contribution in [3.8, 4) is 0 Å². The summed E-state index contributed by atoms with van der Waals surface area (Å²) in [6.45, 7) is 1.85. The maximum Gasteiger partial charge on any atom is 0.0921 e. The number of nitrogens with one attached hydrogen (secondary N) is 1. The largest absolute Gasteiger partial charge is 0.348 e. The highest BCUT2D eigenvalue weighted by atomic mass is 14.9. The Morgan fingerprint density at radius 2 is 2.27 bits per heavy atom. The van der Waals surface area contributed by atoms with Crippen LogP contribution >= 0.6 is 0 Å². The molecule has 1 N–H and O–H groups in total. The molecular weight excluding hydrogens is 185 g/mol. The van der Waals surface area contributed by atoms with Crippen molar-refractivity contribution >= 4 is 0 Å². The molecule has 1 atom stereocenters. The number of imidazole rings is 1. The van der Waals surface area contributed by atoms with E-state index in [1.54, 1.807) is 6.20 Å². The average Bonchev–Trinajstić information content (AvgIpc) is 2.76. The van der Waals surface area contributed by atoms with Crippen LogP contribution in [0.1, 0.15) is 39.3 Å². The van der Waals surface area contributed by atoms with Crippen molar-refractivity contribution in [2.24, 2.45) is 0 Å². The molecule has 0 spiro atoms. The Bertz CT molecular complexity index is 530. The Morgan fingerprint density at radius 3 is 2.93 bits per heavy atom. The number of hydrogen-bond donors (Lipinski definition) is 1. The van der Waals surface area contributed by atoms with E-state index in [1.165, 1.54) is 6.33 Å². The van der Waals surface area contributed by atoms with Gasteiger partial charge in [-0.2, -0.15) is 0 Å². The molecule has 2 heteroatoms. The number of aryl methyl sites for hydroxylation is 1. The van der Waals surface area contributed by atoms with Crippen molar-refractivity contribution < 1.29 is 4.11 Å². The van der Waals surface area contributed by atoms with Crippen LogP contribution in [0, 0.1) is 13.8 Å². The number of hydrogen-bond acceptors (Lipinski definition) is 1. The molecule has 1 aromatic carbocycles. The van der Waals surface area contributed by atoms with Gasteiger partial charge < -0.3 is 4.98 Å². The zero-order valence-electron chi connectivity index (χ0n) is 11.9. The maximum atomic E-state index is 7.76. The molecule has 2 nitrogen and oxygen atoms in total. The molecule has 0 saturated carbocycles. The minimum absolute atomic E-state index is 0.628. The van der Waals surface area contributed by atoms with E-state index in [1.807, 2.05) is 32.0 Å². The summed E-state index contributed by atoms with van der Waals surface area (Å²) >= 11 is 0. The molecule has 2 rings (SSSR count). The third kappa shape index (κ3) is 1.80. The Labute approximate surface area is 94.6 Å². The highest BCUT2D eigenvalue weighted by Gasteiger charge is 2.12. The first-order valence-electron chi connectivity index (χ1n) is 6.45. The van der Waals surface area contributed by atoms with Crippen LogP contribution in [0.5, 0.6) is 0 Å². The van der Waals surface area contributed by atoms with E-state index < -0.39 is 12.8 Å². The number of benzene rings is 1. The summed E-state index contributed by atoms with van der Waals surface area (Å²) in [5.74, 6) is -0.653. The van der Waals surface area contributed by atoms with Crippen molar-refractivity contribution in [1.29, 1.82) is 0 Å². The van der Waals surface area contributed by atoms with Gasteiger partial charge in [0.2, 0.25) is 0 Å². The van der Waals surface area contributed by atoms with Crippen molar-refractivity contribution in [3.05, 3.63) is 53.1 Å². The lowest BCUT2D eigenvalue weighted by Gasteiger charge is -2.14. The van der Waals surface area contributed by atoms with E-state index in [0.29, 0.717) is 5.69 Å². The third-order valence-electron chi connectivity index (χ3n) is 2.79. The standard InChI is InChI=1S/C13H16N2/c1-9-5-4-6-12(10(9)2)11(3)13-7-14-8-15-13/h4-8,11H,1-3H3,(H,14,15)/t11-/m1/s1/i3+1D3. The molecule has 1 heterocycles. The van der Waals surface area contributed by atoms with Gasteiger partial charge in [-0.25, -0.2) is 4.98 Å². The summed E-state index contributed by atoms with van der Waals surface area (Å²) in [6, 6.07) is 5.76. The van der Waals surface area contributed by atoms with E-state index in [2.05, 4.69) is 9.97 Å². The minimum atomic E-state index is -2.09. The van der Waals surface area contributed by atoms with Crippen LogP contribution in [0.2, 0.25) is 0 Å². The molecule has 1 aromatic heterocycles. The Morgan fingerprint density at radius 1 is 1.40 bits per heavy atom. The Balaban J connectivity index is 2.58. The second-order valence-corrected chi connectivity index (χ2v) is 3.73. The SMILES string of the molecule is [2H][13C]([2H])([2H])[C@@H](c1cnc[nH]1)c1cccc(C)c1C. The molecule has 0 radical (unpaired) electrons. The fourth-order valence-electron chi connectivity index (χ4n) is 1.68. The van der Waals surface area contributed by atoms with E-state index in [4.69, 9.17) is 4.11 Å². The summed E-state index contributed by atoms with van der Waals surface area (Å²) in [5.41, 5.74) is 3.58. The second kappa shape index (κ2) is 3.89. The molecule has 0 amide bonds. The van der Waals surface area contributed by atoms with Crippen LogP contribution in [0.15, 0.2) is 30.7 Å². The predicted octanol–water partition coefficient (Wildman–Crippen LogP) is 3.18. The van der Waals surface area contributed by atoms with E-state index in [9.17, 15) is 0 Å². The molecule has 0 aliphatic heterocycles. The van der Waals surface area contributed by atoms with E-state index in [0.717, 1.165) is 16.7 Å². The summed E-state index contributed by atoms with van der Waals surface area (Å²) in [6.07, 6.45) is 3.10. The van der Waals surface area contributed by atoms with E-state index >= 15 is 0 Å². The number of nitrogens with zero attached hydrogens (tertiary/aromatic N) is 1. The van der Waals surface area contributed by atoms with Crippen molar-refractivity contribution in [2.75, 3.05) is 0 Å². The lowest BCUT2D eigenvalue weighted by atomic mass is 9.95. The number of rotatable bonds is 2. The molecular formula is C13H16N2. The number of aromatic nitrogens is 2. The van der Waals surface area contributed by atoms with Gasteiger partial charge >= 0.3 is 0 Å². The van der Waals surface area contributed by atoms with Crippen LogP contribution in [0.25, 0.3) is 0 Å². The maximum absolute atomic E-state index is 7.76.